The molecular formula is C16H22N4. The van der Waals surface area contributed by atoms with Crippen LogP contribution in [0.4, 0.5) is 11.4 Å². The fraction of sp³-hybridized carbons (Fsp3) is 0.438. The molecule has 3 rings (SSSR count). The highest BCUT2D eigenvalue weighted by Crippen LogP contribution is 2.26. The Morgan fingerprint density at radius 1 is 1.40 bits per heavy atom. The van der Waals surface area contributed by atoms with Gasteiger partial charge >= 0.3 is 0 Å². The van der Waals surface area contributed by atoms with Gasteiger partial charge < -0.3 is 16.0 Å². The summed E-state index contributed by atoms with van der Waals surface area (Å²) in [5.74, 6) is 0. The van der Waals surface area contributed by atoms with Gasteiger partial charge in [-0.2, -0.15) is 0 Å². The van der Waals surface area contributed by atoms with Crippen molar-refractivity contribution in [3.63, 3.8) is 0 Å². The fourth-order valence-corrected chi connectivity index (χ4v) is 2.99. The number of pyridine rings is 1. The Labute approximate surface area is 120 Å². The molecule has 0 radical (unpaired) electrons. The molecule has 20 heavy (non-hydrogen) atoms. The summed E-state index contributed by atoms with van der Waals surface area (Å²) in [5.41, 5.74) is 9.86. The first kappa shape index (κ1) is 13.2. The van der Waals surface area contributed by atoms with E-state index in [2.05, 4.69) is 28.3 Å². The van der Waals surface area contributed by atoms with Crippen LogP contribution in [-0.4, -0.2) is 36.1 Å². The Bertz CT molecular complexity index is 623. The summed E-state index contributed by atoms with van der Waals surface area (Å²) >= 11 is 0. The van der Waals surface area contributed by atoms with E-state index in [0.717, 1.165) is 34.5 Å². The molecule has 4 heteroatoms. The van der Waals surface area contributed by atoms with E-state index in [1.807, 2.05) is 25.1 Å². The van der Waals surface area contributed by atoms with Gasteiger partial charge in [-0.3, -0.25) is 4.98 Å². The summed E-state index contributed by atoms with van der Waals surface area (Å²) in [6.45, 7) is 4.21. The summed E-state index contributed by atoms with van der Waals surface area (Å²) in [6, 6.07) is 8.63. The van der Waals surface area contributed by atoms with E-state index >= 15 is 0 Å². The molecule has 2 heterocycles. The molecule has 0 amide bonds. The lowest BCUT2D eigenvalue weighted by atomic mass is 10.1. The minimum atomic E-state index is 0.625. The van der Waals surface area contributed by atoms with E-state index in [-0.39, 0.29) is 0 Å². The van der Waals surface area contributed by atoms with Crippen LogP contribution in [0.5, 0.6) is 0 Å². The van der Waals surface area contributed by atoms with Crippen molar-refractivity contribution < 1.29 is 0 Å². The number of hydrogen-bond donors (Lipinski definition) is 2. The van der Waals surface area contributed by atoms with Crippen molar-refractivity contribution in [3.8, 4) is 0 Å². The highest BCUT2D eigenvalue weighted by molar-refractivity contribution is 5.93. The van der Waals surface area contributed by atoms with Crippen LogP contribution in [0.25, 0.3) is 10.9 Å². The lowest BCUT2D eigenvalue weighted by Crippen LogP contribution is -2.31. The molecule has 1 atom stereocenters. The minimum Gasteiger partial charge on any atom is -0.399 e. The molecule has 0 bridgehead atoms. The zero-order valence-electron chi connectivity index (χ0n) is 12.2. The number of aryl methyl sites for hydroxylation is 1. The van der Waals surface area contributed by atoms with Gasteiger partial charge in [0.2, 0.25) is 0 Å². The molecule has 1 aliphatic heterocycles. The maximum absolute atomic E-state index is 5.91. The van der Waals surface area contributed by atoms with E-state index in [9.17, 15) is 0 Å². The zero-order valence-corrected chi connectivity index (χ0v) is 12.2. The van der Waals surface area contributed by atoms with Crippen molar-refractivity contribution in [2.45, 2.75) is 25.8 Å². The molecule has 2 aromatic rings. The number of aromatic nitrogens is 1. The molecule has 0 aliphatic carbocycles. The van der Waals surface area contributed by atoms with Crippen molar-refractivity contribution >= 4 is 22.3 Å². The first-order valence-electron chi connectivity index (χ1n) is 7.24. The molecule has 4 nitrogen and oxygen atoms in total. The van der Waals surface area contributed by atoms with Gasteiger partial charge in [-0.05, 0) is 57.6 Å². The Balaban J connectivity index is 1.88. The predicted octanol–water partition coefficient (Wildman–Crippen LogP) is 2.63. The van der Waals surface area contributed by atoms with Gasteiger partial charge in [0.05, 0.1) is 5.52 Å². The van der Waals surface area contributed by atoms with Crippen LogP contribution in [0.2, 0.25) is 0 Å². The Morgan fingerprint density at radius 3 is 3.00 bits per heavy atom. The number of benzene rings is 1. The first-order chi connectivity index (χ1) is 9.63. The van der Waals surface area contributed by atoms with Crippen LogP contribution in [-0.2, 0) is 0 Å². The second-order valence-corrected chi connectivity index (χ2v) is 5.75. The van der Waals surface area contributed by atoms with Crippen molar-refractivity contribution in [3.05, 3.63) is 30.0 Å². The van der Waals surface area contributed by atoms with Crippen molar-refractivity contribution in [2.24, 2.45) is 0 Å². The molecule has 0 saturated carbocycles. The summed E-state index contributed by atoms with van der Waals surface area (Å²) in [6.07, 6.45) is 2.57. The monoisotopic (exact) mass is 270 g/mol. The summed E-state index contributed by atoms with van der Waals surface area (Å²) in [7, 11) is 2.20. The third-order valence-corrected chi connectivity index (χ3v) is 4.16. The van der Waals surface area contributed by atoms with E-state index < -0.39 is 0 Å². The van der Waals surface area contributed by atoms with Crippen molar-refractivity contribution in [1.82, 2.24) is 9.88 Å². The molecule has 3 N–H and O–H groups in total. The molecule has 106 valence electrons. The third kappa shape index (κ3) is 2.56. The van der Waals surface area contributed by atoms with Crippen LogP contribution < -0.4 is 11.1 Å². The number of nitrogens with one attached hydrogen (secondary N) is 1. The largest absolute Gasteiger partial charge is 0.399 e. The number of rotatable bonds is 3. The van der Waals surface area contributed by atoms with Gasteiger partial charge in [-0.25, -0.2) is 0 Å². The second kappa shape index (κ2) is 5.29. The molecule has 1 aliphatic rings. The predicted molar refractivity (Wildman–Crippen MR) is 85.0 cm³/mol. The lowest BCUT2D eigenvalue weighted by molar-refractivity contribution is 0.322. The van der Waals surface area contributed by atoms with Crippen LogP contribution in [0.15, 0.2) is 24.3 Å². The highest BCUT2D eigenvalue weighted by Gasteiger charge is 2.20. The second-order valence-electron chi connectivity index (χ2n) is 5.75. The summed E-state index contributed by atoms with van der Waals surface area (Å²) in [4.78, 5) is 6.99. The van der Waals surface area contributed by atoms with Gasteiger partial charge in [-0.1, -0.05) is 0 Å². The molecule has 1 aromatic carbocycles. The van der Waals surface area contributed by atoms with Gasteiger partial charge in [0.25, 0.3) is 0 Å². The molecule has 1 unspecified atom stereocenters. The average molecular weight is 270 g/mol. The van der Waals surface area contributed by atoms with Crippen molar-refractivity contribution in [1.29, 1.82) is 0 Å². The standard InChI is InChI=1S/C16H22N4/c1-11-8-16(18-10-13-4-3-7-20(13)2)14-9-12(17)5-6-15(14)19-11/h5-6,8-9,13H,3-4,7,10,17H2,1-2H3,(H,18,19). The van der Waals surface area contributed by atoms with E-state index in [4.69, 9.17) is 5.73 Å². The number of nitrogens with zero attached hydrogens (tertiary/aromatic N) is 2. The number of likely N-dealkylation sites (tertiary alicyclic amines) is 1. The highest BCUT2D eigenvalue weighted by atomic mass is 15.2. The summed E-state index contributed by atoms with van der Waals surface area (Å²) in [5, 5.41) is 4.70. The number of anilines is 2. The van der Waals surface area contributed by atoms with Gasteiger partial charge in [0, 0.05) is 35.0 Å². The fourth-order valence-electron chi connectivity index (χ4n) is 2.99. The smallest absolute Gasteiger partial charge is 0.0727 e. The van der Waals surface area contributed by atoms with Crippen LogP contribution in [0.3, 0.4) is 0 Å². The minimum absolute atomic E-state index is 0.625. The molecule has 1 saturated heterocycles. The Kier molecular flexibility index (Phi) is 3.49. The molecule has 1 aromatic heterocycles. The normalized spacial score (nSPS) is 19.6. The van der Waals surface area contributed by atoms with Crippen molar-refractivity contribution in [2.75, 3.05) is 31.2 Å². The lowest BCUT2D eigenvalue weighted by Gasteiger charge is -2.21. The van der Waals surface area contributed by atoms with Crippen LogP contribution in [0, 0.1) is 6.92 Å². The number of fused-ring (bicyclic) bond motifs is 1. The number of nitrogens with two attached hydrogens (primary N) is 1. The molecule has 0 spiro atoms. The zero-order chi connectivity index (χ0) is 14.1. The van der Waals surface area contributed by atoms with Gasteiger partial charge in [0.1, 0.15) is 0 Å². The Morgan fingerprint density at radius 2 is 2.25 bits per heavy atom. The molecular weight excluding hydrogens is 248 g/mol. The third-order valence-electron chi connectivity index (χ3n) is 4.16. The SMILES string of the molecule is Cc1cc(NCC2CCCN2C)c2cc(N)ccc2n1. The quantitative estimate of drug-likeness (QED) is 0.842. The number of nitrogen functional groups attached to an aromatic ring is 1. The molecule has 1 fully saturated rings. The maximum atomic E-state index is 5.91. The van der Waals surface area contributed by atoms with Gasteiger partial charge in [-0.15, -0.1) is 0 Å². The Hall–Kier alpha value is -1.81. The number of likely N-dealkylation sites (N-methyl/N-ethyl adjacent to an activating group) is 1. The van der Waals surface area contributed by atoms with E-state index in [1.54, 1.807) is 0 Å². The van der Waals surface area contributed by atoms with Crippen LogP contribution >= 0.6 is 0 Å². The summed E-state index contributed by atoms with van der Waals surface area (Å²) < 4.78 is 0. The van der Waals surface area contributed by atoms with E-state index in [0.29, 0.717) is 6.04 Å². The maximum Gasteiger partial charge on any atom is 0.0727 e. The van der Waals surface area contributed by atoms with Crippen LogP contribution in [0.1, 0.15) is 18.5 Å². The van der Waals surface area contributed by atoms with Gasteiger partial charge in [0.15, 0.2) is 0 Å². The van der Waals surface area contributed by atoms with E-state index in [1.165, 1.54) is 19.4 Å². The topological polar surface area (TPSA) is 54.2 Å². The first-order valence-corrected chi connectivity index (χ1v) is 7.24. The number of hydrogen-bond acceptors (Lipinski definition) is 4. The average Bonchev–Trinajstić information content (AvgIpc) is 2.82.